The van der Waals surface area contributed by atoms with Gasteiger partial charge in [0.2, 0.25) is 0 Å². The van der Waals surface area contributed by atoms with Gasteiger partial charge in [-0.2, -0.15) is 0 Å². The molecule has 1 atom stereocenters. The highest BCUT2D eigenvalue weighted by Crippen LogP contribution is 2.14. The van der Waals surface area contributed by atoms with Crippen molar-refractivity contribution in [3.8, 4) is 0 Å². The Hall–Kier alpha value is -5.00. The Bertz CT molecular complexity index is 1750. The zero-order valence-corrected chi connectivity index (χ0v) is 48.4. The summed E-state index contributed by atoms with van der Waals surface area (Å²) in [6.45, 7) is 3.89. The molecule has 0 rings (SSSR count). The summed E-state index contributed by atoms with van der Waals surface area (Å²) < 4.78 is 10.7. The maximum Gasteiger partial charge on any atom is 0.306 e. The van der Waals surface area contributed by atoms with Crippen LogP contribution in [-0.4, -0.2) is 36.4 Å². The van der Waals surface area contributed by atoms with Crippen LogP contribution in [-0.2, 0) is 19.1 Å². The first kappa shape index (κ1) is 71.0. The number of hydrogen-bond acceptors (Lipinski definition) is 5. The lowest BCUT2D eigenvalue weighted by atomic mass is 10.1. The van der Waals surface area contributed by atoms with Crippen LogP contribution in [0.25, 0.3) is 0 Å². The van der Waals surface area contributed by atoms with Gasteiger partial charge in [0.05, 0.1) is 6.61 Å². The molecule has 1 unspecified atom stereocenters. The van der Waals surface area contributed by atoms with Crippen molar-refractivity contribution in [2.45, 2.75) is 238 Å². The van der Waals surface area contributed by atoms with Gasteiger partial charge in [0.15, 0.2) is 6.10 Å². The minimum absolute atomic E-state index is 0.0878. The number of aliphatic hydroxyl groups excluding tert-OH is 1. The van der Waals surface area contributed by atoms with Gasteiger partial charge in [-0.15, -0.1) is 0 Å². The van der Waals surface area contributed by atoms with Gasteiger partial charge in [-0.1, -0.05) is 267 Å². The molecule has 0 aliphatic rings. The van der Waals surface area contributed by atoms with Gasteiger partial charge in [0, 0.05) is 12.8 Å². The molecule has 0 aromatic carbocycles. The summed E-state index contributed by atoms with van der Waals surface area (Å²) in [4.78, 5) is 24.6. The Morgan fingerprint density at radius 2 is 0.526 bits per heavy atom. The molecule has 76 heavy (non-hydrogen) atoms. The first-order valence-electron chi connectivity index (χ1n) is 30.3. The van der Waals surface area contributed by atoms with Gasteiger partial charge in [-0.05, 0) is 135 Å². The van der Waals surface area contributed by atoms with E-state index in [9.17, 15) is 14.7 Å². The summed E-state index contributed by atoms with van der Waals surface area (Å²) in [6.07, 6.45) is 101. The molecular weight excluding hydrogens is 933 g/mol. The van der Waals surface area contributed by atoms with Crippen molar-refractivity contribution < 1.29 is 24.2 Å². The second kappa shape index (κ2) is 64.3. The Morgan fingerprint density at radius 1 is 0.303 bits per heavy atom. The summed E-state index contributed by atoms with van der Waals surface area (Å²) in [5.74, 6) is -0.630. The summed E-state index contributed by atoms with van der Waals surface area (Å²) in [5.41, 5.74) is 0. The second-order valence-corrected chi connectivity index (χ2v) is 19.3. The van der Waals surface area contributed by atoms with Crippen molar-refractivity contribution in [3.63, 3.8) is 0 Å². The van der Waals surface area contributed by atoms with E-state index in [1.54, 1.807) is 0 Å². The molecule has 0 bridgehead atoms. The number of ether oxygens (including phenoxy) is 2. The molecule has 0 radical (unpaired) electrons. The fourth-order valence-electron chi connectivity index (χ4n) is 7.73. The predicted octanol–water partition coefficient (Wildman–Crippen LogP) is 21.1. The van der Waals surface area contributed by atoms with Crippen LogP contribution >= 0.6 is 0 Å². The van der Waals surface area contributed by atoms with E-state index in [4.69, 9.17) is 9.47 Å². The summed E-state index contributed by atoms with van der Waals surface area (Å²) in [5, 5.41) is 9.67. The molecule has 0 aromatic heterocycles. The third-order valence-corrected chi connectivity index (χ3v) is 12.2. The molecular formula is C71H110O5. The van der Waals surface area contributed by atoms with Crippen molar-refractivity contribution >= 4 is 11.9 Å². The first-order valence-corrected chi connectivity index (χ1v) is 30.3. The van der Waals surface area contributed by atoms with Crippen LogP contribution in [0.1, 0.15) is 232 Å². The summed E-state index contributed by atoms with van der Waals surface area (Å²) in [7, 11) is 0. The van der Waals surface area contributed by atoms with Gasteiger partial charge in [0.25, 0.3) is 0 Å². The number of allylic oxidation sites excluding steroid dienone is 30. The molecule has 5 nitrogen and oxygen atoms in total. The molecule has 0 aliphatic carbocycles. The molecule has 0 amide bonds. The quantitative estimate of drug-likeness (QED) is 0.0373. The van der Waals surface area contributed by atoms with E-state index in [2.05, 4.69) is 196 Å². The Morgan fingerprint density at radius 3 is 0.789 bits per heavy atom. The Labute approximate surface area is 467 Å². The lowest BCUT2D eigenvalue weighted by Crippen LogP contribution is -2.28. The maximum atomic E-state index is 12.3. The standard InChI is InChI=1S/C71H110O5/c1-3-5-7-9-11-13-15-17-19-21-23-25-27-28-29-30-31-32-33-34-35-36-37-38-39-40-41-42-44-46-48-50-52-54-56-58-60-62-64-66-71(74)76-69(67-72)68-75-70(73)65-63-61-59-57-55-53-51-49-47-45-43-26-24-22-20-18-16-14-12-10-8-6-4-2/h5-8,11-14,17-20,23-26,28-29,31-32,34-35,37-38,40-41,44,46,50,52,69,72H,3-4,9-10,15-16,21-22,27,30,33,36,39,42-43,45,47-49,51,53-68H2,1-2H3/b7-5-,8-6-,13-11-,14-12-,19-17-,20-18-,25-23-,26-24-,29-28-,32-31-,35-34-,38-37-,41-40-,46-44-,52-50-. The largest absolute Gasteiger partial charge is 0.462 e. The molecule has 0 spiro atoms. The highest BCUT2D eigenvalue weighted by atomic mass is 16.6. The summed E-state index contributed by atoms with van der Waals surface area (Å²) >= 11 is 0. The number of hydrogen-bond donors (Lipinski definition) is 1. The second-order valence-electron chi connectivity index (χ2n) is 19.3. The van der Waals surface area contributed by atoms with Crippen molar-refractivity contribution in [3.05, 3.63) is 182 Å². The third kappa shape index (κ3) is 61.5. The van der Waals surface area contributed by atoms with Crippen molar-refractivity contribution in [1.82, 2.24) is 0 Å². The normalized spacial score (nSPS) is 13.6. The average molecular weight is 1040 g/mol. The van der Waals surface area contributed by atoms with Gasteiger partial charge in [0.1, 0.15) is 6.61 Å². The van der Waals surface area contributed by atoms with Crippen LogP contribution in [0.5, 0.6) is 0 Å². The Kier molecular flexibility index (Phi) is 60.1. The molecule has 1 N–H and O–H groups in total. The molecule has 0 fully saturated rings. The van der Waals surface area contributed by atoms with E-state index in [1.165, 1.54) is 51.4 Å². The zero-order chi connectivity index (χ0) is 54.8. The molecule has 0 saturated carbocycles. The maximum absolute atomic E-state index is 12.3. The van der Waals surface area contributed by atoms with Crippen LogP contribution in [0.2, 0.25) is 0 Å². The van der Waals surface area contributed by atoms with E-state index in [0.717, 1.165) is 154 Å². The molecule has 424 valence electrons. The smallest absolute Gasteiger partial charge is 0.306 e. The zero-order valence-electron chi connectivity index (χ0n) is 48.4. The van der Waals surface area contributed by atoms with Gasteiger partial charge >= 0.3 is 11.9 Å². The van der Waals surface area contributed by atoms with Gasteiger partial charge < -0.3 is 14.6 Å². The van der Waals surface area contributed by atoms with Crippen LogP contribution in [0, 0.1) is 0 Å². The average Bonchev–Trinajstić information content (AvgIpc) is 3.42. The third-order valence-electron chi connectivity index (χ3n) is 12.2. The number of rotatable bonds is 53. The predicted molar refractivity (Wildman–Crippen MR) is 333 cm³/mol. The number of carbonyl (C=O) groups is 2. The number of carbonyl (C=O) groups excluding carboxylic acids is 2. The minimum atomic E-state index is -0.800. The van der Waals surface area contributed by atoms with E-state index in [0.29, 0.717) is 12.8 Å². The minimum Gasteiger partial charge on any atom is -0.462 e. The summed E-state index contributed by atoms with van der Waals surface area (Å²) in [6, 6.07) is 0. The first-order chi connectivity index (χ1) is 37.6. The highest BCUT2D eigenvalue weighted by Gasteiger charge is 2.16. The topological polar surface area (TPSA) is 72.8 Å². The Balaban J connectivity index is 3.65. The number of aliphatic hydroxyl groups is 1. The molecule has 5 heteroatoms. The van der Waals surface area contributed by atoms with Crippen LogP contribution in [0.3, 0.4) is 0 Å². The highest BCUT2D eigenvalue weighted by molar-refractivity contribution is 5.70. The lowest BCUT2D eigenvalue weighted by Gasteiger charge is -2.15. The molecule has 0 aromatic rings. The van der Waals surface area contributed by atoms with E-state index >= 15 is 0 Å². The number of esters is 2. The van der Waals surface area contributed by atoms with Gasteiger partial charge in [-0.3, -0.25) is 9.59 Å². The van der Waals surface area contributed by atoms with E-state index < -0.39 is 6.10 Å². The van der Waals surface area contributed by atoms with Gasteiger partial charge in [-0.25, -0.2) is 0 Å². The van der Waals surface area contributed by atoms with Crippen LogP contribution in [0.4, 0.5) is 0 Å². The fourth-order valence-corrected chi connectivity index (χ4v) is 7.73. The number of unbranched alkanes of at least 4 members (excludes halogenated alkanes) is 15. The molecule has 0 heterocycles. The van der Waals surface area contributed by atoms with E-state index in [-0.39, 0.29) is 25.2 Å². The molecule has 0 saturated heterocycles. The SMILES string of the molecule is CC/C=C\C/C=C\C/C=C\C/C=C\C/C=C\C/C=C\C/C=C\C/C=C\C/C=C\C/C=C\C/C=C\CCCCCCCC(=O)OC(CO)COC(=O)CCCCCCCCCCCC/C=C\C/C=C\C/C=C\C/C=C\CC. The van der Waals surface area contributed by atoms with Crippen molar-refractivity contribution in [2.24, 2.45) is 0 Å². The fraction of sp³-hybridized carbons (Fsp3) is 0.549. The van der Waals surface area contributed by atoms with Crippen molar-refractivity contribution in [1.29, 1.82) is 0 Å². The molecule has 0 aliphatic heterocycles. The monoisotopic (exact) mass is 1040 g/mol. The van der Waals surface area contributed by atoms with Crippen LogP contribution < -0.4 is 0 Å². The van der Waals surface area contributed by atoms with Crippen molar-refractivity contribution in [2.75, 3.05) is 13.2 Å². The van der Waals surface area contributed by atoms with E-state index in [1.807, 2.05) is 0 Å². The van der Waals surface area contributed by atoms with Crippen LogP contribution in [0.15, 0.2) is 182 Å². The lowest BCUT2D eigenvalue weighted by molar-refractivity contribution is -0.161.